The number of carbonyl (C=O) groups is 1. The molecule has 0 saturated carbocycles. The fraction of sp³-hybridized carbons (Fsp3) is 0.118. The number of nitrogens with one attached hydrogen (secondary N) is 1. The first-order valence-corrected chi connectivity index (χ1v) is 7.58. The van der Waals surface area contributed by atoms with Gasteiger partial charge in [0.25, 0.3) is 0 Å². The topological polar surface area (TPSA) is 34.0 Å². The van der Waals surface area contributed by atoms with Crippen LogP contribution in [0.2, 0.25) is 10.0 Å². The largest absolute Gasteiger partial charge is 0.350 e. The number of hydrogen-bond donors (Lipinski definition) is 1. The second-order valence-corrected chi connectivity index (χ2v) is 5.92. The SMILES string of the molecule is Cn1cc(CC(=O)Nc2c(Cl)cccc2Cl)c2ccccc21. The average Bonchev–Trinajstić information content (AvgIpc) is 2.80. The second kappa shape index (κ2) is 6.03. The Bertz CT molecular complexity index is 835. The molecule has 112 valence electrons. The first kappa shape index (κ1) is 14.9. The number of halogens is 2. The summed E-state index contributed by atoms with van der Waals surface area (Å²) in [6, 6.07) is 13.1. The summed E-state index contributed by atoms with van der Waals surface area (Å²) >= 11 is 12.1. The van der Waals surface area contributed by atoms with E-state index in [1.807, 2.05) is 42.1 Å². The van der Waals surface area contributed by atoms with Gasteiger partial charge in [0, 0.05) is 24.1 Å². The van der Waals surface area contributed by atoms with E-state index in [2.05, 4.69) is 5.32 Å². The third-order valence-electron chi connectivity index (χ3n) is 3.56. The van der Waals surface area contributed by atoms with Crippen LogP contribution in [-0.4, -0.2) is 10.5 Å². The average molecular weight is 333 g/mol. The minimum Gasteiger partial charge on any atom is -0.350 e. The zero-order valence-corrected chi connectivity index (χ0v) is 13.4. The quantitative estimate of drug-likeness (QED) is 0.743. The molecule has 0 unspecified atom stereocenters. The van der Waals surface area contributed by atoms with Gasteiger partial charge in [-0.15, -0.1) is 0 Å². The predicted octanol–water partition coefficient (Wildman–Crippen LogP) is 4.67. The summed E-state index contributed by atoms with van der Waals surface area (Å²) in [5, 5.41) is 4.72. The molecule has 22 heavy (non-hydrogen) atoms. The molecule has 3 nitrogen and oxygen atoms in total. The second-order valence-electron chi connectivity index (χ2n) is 5.10. The van der Waals surface area contributed by atoms with Crippen molar-refractivity contribution in [1.82, 2.24) is 4.57 Å². The Balaban J connectivity index is 1.85. The van der Waals surface area contributed by atoms with E-state index in [-0.39, 0.29) is 12.3 Å². The van der Waals surface area contributed by atoms with Crippen LogP contribution < -0.4 is 5.32 Å². The van der Waals surface area contributed by atoms with Crippen LogP contribution in [0.5, 0.6) is 0 Å². The fourth-order valence-electron chi connectivity index (χ4n) is 2.54. The molecule has 1 N–H and O–H groups in total. The normalized spacial score (nSPS) is 10.9. The number of para-hydroxylation sites is 2. The predicted molar refractivity (Wildman–Crippen MR) is 91.7 cm³/mol. The highest BCUT2D eigenvalue weighted by Gasteiger charge is 2.13. The minimum atomic E-state index is -0.147. The summed E-state index contributed by atoms with van der Waals surface area (Å²) in [6.45, 7) is 0. The summed E-state index contributed by atoms with van der Waals surface area (Å²) in [7, 11) is 1.97. The van der Waals surface area contributed by atoms with Crippen LogP contribution in [0.1, 0.15) is 5.56 Å². The molecule has 2 aromatic carbocycles. The van der Waals surface area contributed by atoms with Gasteiger partial charge < -0.3 is 9.88 Å². The molecule has 0 spiro atoms. The molecule has 0 bridgehead atoms. The molecule has 1 amide bonds. The van der Waals surface area contributed by atoms with Crippen LogP contribution in [0.15, 0.2) is 48.7 Å². The number of anilines is 1. The number of aryl methyl sites for hydroxylation is 1. The lowest BCUT2D eigenvalue weighted by molar-refractivity contribution is -0.115. The Hall–Kier alpha value is -1.97. The van der Waals surface area contributed by atoms with Crippen molar-refractivity contribution >= 4 is 45.7 Å². The van der Waals surface area contributed by atoms with Crippen LogP contribution in [0, 0.1) is 0 Å². The fourth-order valence-corrected chi connectivity index (χ4v) is 3.03. The van der Waals surface area contributed by atoms with Gasteiger partial charge in [0.2, 0.25) is 5.91 Å². The number of fused-ring (bicyclic) bond motifs is 1. The van der Waals surface area contributed by atoms with Gasteiger partial charge in [-0.1, -0.05) is 47.5 Å². The van der Waals surface area contributed by atoms with Crippen molar-refractivity contribution in [3.8, 4) is 0 Å². The maximum absolute atomic E-state index is 12.3. The third-order valence-corrected chi connectivity index (χ3v) is 4.19. The highest BCUT2D eigenvalue weighted by molar-refractivity contribution is 6.39. The van der Waals surface area contributed by atoms with Gasteiger partial charge in [0.15, 0.2) is 0 Å². The van der Waals surface area contributed by atoms with Gasteiger partial charge in [-0.25, -0.2) is 0 Å². The van der Waals surface area contributed by atoms with Crippen molar-refractivity contribution in [2.45, 2.75) is 6.42 Å². The maximum Gasteiger partial charge on any atom is 0.228 e. The lowest BCUT2D eigenvalue weighted by Crippen LogP contribution is -2.14. The summed E-state index contributed by atoms with van der Waals surface area (Å²) < 4.78 is 2.01. The van der Waals surface area contributed by atoms with E-state index in [0.29, 0.717) is 15.7 Å². The summed E-state index contributed by atoms with van der Waals surface area (Å²) in [5.74, 6) is -0.147. The van der Waals surface area contributed by atoms with Gasteiger partial charge in [-0.3, -0.25) is 4.79 Å². The van der Waals surface area contributed by atoms with E-state index in [1.165, 1.54) is 0 Å². The number of hydrogen-bond acceptors (Lipinski definition) is 1. The number of amides is 1. The first-order chi connectivity index (χ1) is 10.6. The molecule has 0 fully saturated rings. The van der Waals surface area contributed by atoms with E-state index < -0.39 is 0 Å². The Labute approximate surface area is 138 Å². The maximum atomic E-state index is 12.3. The van der Waals surface area contributed by atoms with Crippen molar-refractivity contribution in [2.24, 2.45) is 7.05 Å². The van der Waals surface area contributed by atoms with Gasteiger partial charge in [-0.2, -0.15) is 0 Å². The van der Waals surface area contributed by atoms with Crippen molar-refractivity contribution in [3.63, 3.8) is 0 Å². The molecule has 3 rings (SSSR count). The highest BCUT2D eigenvalue weighted by atomic mass is 35.5. The van der Waals surface area contributed by atoms with Crippen LogP contribution in [-0.2, 0) is 18.3 Å². The Morgan fingerprint density at radius 2 is 1.77 bits per heavy atom. The molecule has 3 aromatic rings. The molecular formula is C17H14Cl2N2O. The van der Waals surface area contributed by atoms with E-state index in [0.717, 1.165) is 16.5 Å². The monoisotopic (exact) mass is 332 g/mol. The van der Waals surface area contributed by atoms with Crippen LogP contribution in [0.25, 0.3) is 10.9 Å². The molecule has 1 aromatic heterocycles. The van der Waals surface area contributed by atoms with E-state index in [4.69, 9.17) is 23.2 Å². The van der Waals surface area contributed by atoms with E-state index in [9.17, 15) is 4.79 Å². The third kappa shape index (κ3) is 2.82. The van der Waals surface area contributed by atoms with E-state index >= 15 is 0 Å². The van der Waals surface area contributed by atoms with Crippen molar-refractivity contribution in [3.05, 3.63) is 64.3 Å². The number of nitrogens with zero attached hydrogens (tertiary/aromatic N) is 1. The van der Waals surface area contributed by atoms with Crippen molar-refractivity contribution in [2.75, 3.05) is 5.32 Å². The Morgan fingerprint density at radius 1 is 1.09 bits per heavy atom. The highest BCUT2D eigenvalue weighted by Crippen LogP contribution is 2.30. The smallest absolute Gasteiger partial charge is 0.228 e. The van der Waals surface area contributed by atoms with Crippen molar-refractivity contribution in [1.29, 1.82) is 0 Å². The molecule has 5 heteroatoms. The van der Waals surface area contributed by atoms with Crippen molar-refractivity contribution < 1.29 is 4.79 Å². The molecule has 1 heterocycles. The van der Waals surface area contributed by atoms with Crippen LogP contribution >= 0.6 is 23.2 Å². The van der Waals surface area contributed by atoms with Gasteiger partial charge in [0.05, 0.1) is 22.2 Å². The van der Waals surface area contributed by atoms with Crippen LogP contribution in [0.3, 0.4) is 0 Å². The zero-order valence-electron chi connectivity index (χ0n) is 11.9. The molecule has 0 saturated heterocycles. The molecule has 0 aliphatic rings. The lowest BCUT2D eigenvalue weighted by Gasteiger charge is -2.08. The number of rotatable bonds is 3. The molecule has 0 radical (unpaired) electrons. The molecule has 0 atom stereocenters. The summed E-state index contributed by atoms with van der Waals surface area (Å²) in [4.78, 5) is 12.3. The minimum absolute atomic E-state index is 0.147. The van der Waals surface area contributed by atoms with Gasteiger partial charge in [0.1, 0.15) is 0 Å². The Morgan fingerprint density at radius 3 is 2.50 bits per heavy atom. The van der Waals surface area contributed by atoms with Gasteiger partial charge in [-0.05, 0) is 23.8 Å². The molecule has 0 aliphatic carbocycles. The zero-order chi connectivity index (χ0) is 15.7. The number of carbonyl (C=O) groups excluding carboxylic acids is 1. The molecule has 0 aliphatic heterocycles. The van der Waals surface area contributed by atoms with Gasteiger partial charge >= 0.3 is 0 Å². The molecular weight excluding hydrogens is 319 g/mol. The standard InChI is InChI=1S/C17H14Cl2N2O/c1-21-10-11(12-5-2-3-8-15(12)21)9-16(22)20-17-13(18)6-4-7-14(17)19/h2-8,10H,9H2,1H3,(H,20,22). The lowest BCUT2D eigenvalue weighted by atomic mass is 10.1. The van der Waals surface area contributed by atoms with Crippen LogP contribution in [0.4, 0.5) is 5.69 Å². The number of aromatic nitrogens is 1. The summed E-state index contributed by atoms with van der Waals surface area (Å²) in [5.41, 5.74) is 2.52. The van der Waals surface area contributed by atoms with E-state index in [1.54, 1.807) is 18.2 Å². The first-order valence-electron chi connectivity index (χ1n) is 6.83. The number of benzene rings is 2. The Kier molecular flexibility index (Phi) is 4.10. The summed E-state index contributed by atoms with van der Waals surface area (Å²) in [6.07, 6.45) is 2.24.